The van der Waals surface area contributed by atoms with Crippen LogP contribution in [0.1, 0.15) is 10.4 Å². The maximum atomic E-state index is 13.6. The summed E-state index contributed by atoms with van der Waals surface area (Å²) in [5, 5.41) is 5.98. The first kappa shape index (κ1) is 17.1. The molecule has 3 N–H and O–H groups in total. The van der Waals surface area contributed by atoms with Crippen LogP contribution in [-0.2, 0) is 14.8 Å². The van der Waals surface area contributed by atoms with Crippen LogP contribution in [0.2, 0.25) is 10.0 Å². The van der Waals surface area contributed by atoms with Gasteiger partial charge in [0.1, 0.15) is 10.7 Å². The predicted molar refractivity (Wildman–Crippen MR) is 72.0 cm³/mol. The minimum Gasteiger partial charge on any atom is -0.383 e. The van der Waals surface area contributed by atoms with E-state index in [-0.39, 0.29) is 18.7 Å². The van der Waals surface area contributed by atoms with Crippen LogP contribution in [0.25, 0.3) is 0 Å². The quantitative estimate of drug-likeness (QED) is 0.618. The van der Waals surface area contributed by atoms with Crippen molar-refractivity contribution in [2.75, 3.05) is 20.3 Å². The van der Waals surface area contributed by atoms with Gasteiger partial charge in [-0.05, 0) is 6.07 Å². The normalized spacial score (nSPS) is 11.4. The zero-order valence-electron chi connectivity index (χ0n) is 10.2. The second-order valence-electron chi connectivity index (χ2n) is 3.66. The summed E-state index contributed by atoms with van der Waals surface area (Å²) in [6.07, 6.45) is 0. The number of nitrogens with two attached hydrogens (primary N) is 1. The monoisotopic (exact) mass is 344 g/mol. The van der Waals surface area contributed by atoms with Gasteiger partial charge in [0.15, 0.2) is 0 Å². The third-order valence-corrected chi connectivity index (χ3v) is 4.20. The minimum absolute atomic E-state index is 0.140. The van der Waals surface area contributed by atoms with E-state index in [0.717, 1.165) is 6.07 Å². The second kappa shape index (κ2) is 6.68. The fraction of sp³-hybridized carbons (Fsp3) is 0.300. The highest BCUT2D eigenvalue weighted by molar-refractivity contribution is 7.89. The molecule has 0 bridgehead atoms. The topological polar surface area (TPSA) is 98.5 Å². The van der Waals surface area contributed by atoms with Gasteiger partial charge in [-0.15, -0.1) is 0 Å². The van der Waals surface area contributed by atoms with Gasteiger partial charge in [-0.2, -0.15) is 0 Å². The van der Waals surface area contributed by atoms with Crippen molar-refractivity contribution < 1.29 is 22.3 Å². The maximum Gasteiger partial charge on any atom is 0.253 e. The standard InChI is InChI=1S/C10H11Cl2FN2O4S/c1-19-3-2-15-10(16)5-4-6(13)8(12)9(7(5)11)20(14,17)18/h4H,2-3H2,1H3,(H,15,16)(H2,14,17,18). The first-order valence-corrected chi connectivity index (χ1v) is 7.47. The van der Waals surface area contributed by atoms with Gasteiger partial charge < -0.3 is 10.1 Å². The van der Waals surface area contributed by atoms with E-state index in [1.54, 1.807) is 0 Å². The number of carbonyl (C=O) groups excluding carboxylic acids is 1. The van der Waals surface area contributed by atoms with Crippen LogP contribution in [0.15, 0.2) is 11.0 Å². The number of methoxy groups -OCH3 is 1. The summed E-state index contributed by atoms with van der Waals surface area (Å²) in [6.45, 7) is 0.363. The highest BCUT2D eigenvalue weighted by atomic mass is 35.5. The molecule has 0 unspecified atom stereocenters. The molecule has 6 nitrogen and oxygen atoms in total. The number of nitrogens with one attached hydrogen (secondary N) is 1. The second-order valence-corrected chi connectivity index (χ2v) is 5.91. The fourth-order valence-electron chi connectivity index (χ4n) is 1.36. The molecule has 0 aromatic heterocycles. The zero-order chi connectivity index (χ0) is 15.5. The van der Waals surface area contributed by atoms with E-state index >= 15 is 0 Å². The molecule has 0 saturated heterocycles. The van der Waals surface area contributed by atoms with Gasteiger partial charge in [-0.25, -0.2) is 17.9 Å². The number of halogens is 3. The summed E-state index contributed by atoms with van der Waals surface area (Å²) in [5.41, 5.74) is -0.381. The average Bonchev–Trinajstić information content (AvgIpc) is 2.32. The van der Waals surface area contributed by atoms with Crippen molar-refractivity contribution in [2.45, 2.75) is 4.90 Å². The number of hydrogen-bond acceptors (Lipinski definition) is 4. The van der Waals surface area contributed by atoms with E-state index in [9.17, 15) is 17.6 Å². The van der Waals surface area contributed by atoms with Gasteiger partial charge in [-0.1, -0.05) is 23.2 Å². The van der Waals surface area contributed by atoms with Crippen molar-refractivity contribution in [3.8, 4) is 0 Å². The Balaban J connectivity index is 3.30. The highest BCUT2D eigenvalue weighted by Crippen LogP contribution is 2.33. The lowest BCUT2D eigenvalue weighted by Crippen LogP contribution is -2.28. The number of primary sulfonamides is 1. The fourth-order valence-corrected chi connectivity index (χ4v) is 3.14. The minimum atomic E-state index is -4.38. The van der Waals surface area contributed by atoms with Crippen molar-refractivity contribution in [1.29, 1.82) is 0 Å². The molecule has 1 aromatic rings. The molecule has 0 aliphatic heterocycles. The largest absolute Gasteiger partial charge is 0.383 e. The summed E-state index contributed by atoms with van der Waals surface area (Å²) < 4.78 is 41.0. The van der Waals surface area contributed by atoms with E-state index in [1.807, 2.05) is 0 Å². The molecule has 0 aliphatic rings. The lowest BCUT2D eigenvalue weighted by Gasteiger charge is -2.11. The van der Waals surface area contributed by atoms with Crippen molar-refractivity contribution in [3.05, 3.63) is 27.5 Å². The maximum absolute atomic E-state index is 13.6. The Morgan fingerprint density at radius 3 is 2.55 bits per heavy atom. The molecule has 0 spiro atoms. The Hall–Kier alpha value is -0.930. The van der Waals surface area contributed by atoms with Gasteiger partial charge in [0, 0.05) is 13.7 Å². The summed E-state index contributed by atoms with van der Waals surface area (Å²) >= 11 is 11.3. The zero-order valence-corrected chi connectivity index (χ0v) is 12.6. The Labute approximate surface area is 125 Å². The molecule has 0 heterocycles. The predicted octanol–water partition coefficient (Wildman–Crippen LogP) is 1.16. The molecule has 0 radical (unpaired) electrons. The first-order valence-electron chi connectivity index (χ1n) is 5.17. The highest BCUT2D eigenvalue weighted by Gasteiger charge is 2.26. The lowest BCUT2D eigenvalue weighted by molar-refractivity contribution is 0.0936. The molecule has 0 aliphatic carbocycles. The van der Waals surface area contributed by atoms with Crippen molar-refractivity contribution in [3.63, 3.8) is 0 Å². The number of benzene rings is 1. The SMILES string of the molecule is COCCNC(=O)c1cc(F)c(Cl)c(S(N)(=O)=O)c1Cl. The number of carbonyl (C=O) groups is 1. The van der Waals surface area contributed by atoms with Crippen LogP contribution in [0.3, 0.4) is 0 Å². The van der Waals surface area contributed by atoms with E-state index in [0.29, 0.717) is 0 Å². The van der Waals surface area contributed by atoms with Gasteiger partial charge >= 0.3 is 0 Å². The molecule has 1 rings (SSSR count). The summed E-state index contributed by atoms with van der Waals surface area (Å²) in [4.78, 5) is 11.0. The van der Waals surface area contributed by atoms with Crippen LogP contribution in [-0.4, -0.2) is 34.6 Å². The molecular weight excluding hydrogens is 334 g/mol. The third kappa shape index (κ3) is 3.80. The molecule has 10 heteroatoms. The Morgan fingerprint density at radius 1 is 1.45 bits per heavy atom. The van der Waals surface area contributed by atoms with E-state index < -0.39 is 36.7 Å². The molecule has 112 valence electrons. The van der Waals surface area contributed by atoms with Crippen LogP contribution in [0, 0.1) is 5.82 Å². The Bertz CT molecular complexity index is 637. The van der Waals surface area contributed by atoms with Crippen LogP contribution >= 0.6 is 23.2 Å². The van der Waals surface area contributed by atoms with Crippen molar-refractivity contribution >= 4 is 39.1 Å². The van der Waals surface area contributed by atoms with E-state index in [4.69, 9.17) is 33.1 Å². The molecule has 20 heavy (non-hydrogen) atoms. The molecule has 0 saturated carbocycles. The summed E-state index contributed by atoms with van der Waals surface area (Å²) in [7, 11) is -2.95. The third-order valence-electron chi connectivity index (χ3n) is 2.24. The number of sulfonamides is 1. The van der Waals surface area contributed by atoms with Gasteiger partial charge in [-0.3, -0.25) is 4.79 Å². The Kier molecular flexibility index (Phi) is 5.72. The van der Waals surface area contributed by atoms with E-state index in [2.05, 4.69) is 5.32 Å². The molecule has 1 amide bonds. The molecular formula is C10H11Cl2FN2O4S. The van der Waals surface area contributed by atoms with Crippen LogP contribution < -0.4 is 10.5 Å². The van der Waals surface area contributed by atoms with Crippen LogP contribution in [0.5, 0.6) is 0 Å². The van der Waals surface area contributed by atoms with E-state index in [1.165, 1.54) is 7.11 Å². The van der Waals surface area contributed by atoms with Crippen molar-refractivity contribution in [1.82, 2.24) is 5.32 Å². The van der Waals surface area contributed by atoms with Crippen LogP contribution in [0.4, 0.5) is 4.39 Å². The first-order chi connectivity index (χ1) is 9.20. The summed E-state index contributed by atoms with van der Waals surface area (Å²) in [5.74, 6) is -1.88. The van der Waals surface area contributed by atoms with Gasteiger partial charge in [0.25, 0.3) is 5.91 Å². The number of rotatable bonds is 5. The summed E-state index contributed by atoms with van der Waals surface area (Å²) in [6, 6.07) is 0.738. The molecule has 0 atom stereocenters. The smallest absolute Gasteiger partial charge is 0.253 e. The van der Waals surface area contributed by atoms with Gasteiger partial charge in [0.2, 0.25) is 10.0 Å². The van der Waals surface area contributed by atoms with Crippen molar-refractivity contribution in [2.24, 2.45) is 5.14 Å². The lowest BCUT2D eigenvalue weighted by atomic mass is 10.2. The average molecular weight is 345 g/mol. The molecule has 1 aromatic carbocycles. The molecule has 0 fully saturated rings. The number of hydrogen-bond donors (Lipinski definition) is 2. The Morgan fingerprint density at radius 2 is 2.05 bits per heavy atom. The number of amides is 1. The number of ether oxygens (including phenoxy) is 1. The van der Waals surface area contributed by atoms with Gasteiger partial charge in [0.05, 0.1) is 22.2 Å².